The minimum absolute atomic E-state index is 0.518. The van der Waals surface area contributed by atoms with Gasteiger partial charge in [-0.05, 0) is 31.9 Å². The van der Waals surface area contributed by atoms with Crippen LogP contribution >= 0.6 is 11.3 Å². The number of aromatic nitrogens is 5. The smallest absolute Gasteiger partial charge is 0.178 e. The van der Waals surface area contributed by atoms with Crippen molar-refractivity contribution in [3.63, 3.8) is 0 Å². The number of anilines is 1. The van der Waals surface area contributed by atoms with Crippen LogP contribution in [-0.2, 0) is 6.54 Å². The highest BCUT2D eigenvalue weighted by Crippen LogP contribution is 2.38. The summed E-state index contributed by atoms with van der Waals surface area (Å²) in [6.45, 7) is 2.76. The van der Waals surface area contributed by atoms with Crippen molar-refractivity contribution in [3.8, 4) is 10.6 Å². The molecule has 5 rings (SSSR count). The highest BCUT2D eigenvalue weighted by Gasteiger charge is 2.29. The van der Waals surface area contributed by atoms with Gasteiger partial charge in [0.15, 0.2) is 11.5 Å². The Morgan fingerprint density at radius 3 is 2.77 bits per heavy atom. The second kappa shape index (κ2) is 6.17. The predicted molar refractivity (Wildman–Crippen MR) is 102 cm³/mol. The molecule has 7 heteroatoms. The molecule has 1 N–H and O–H groups in total. The van der Waals surface area contributed by atoms with E-state index in [1.807, 2.05) is 34.8 Å². The Hall–Kier alpha value is -2.80. The number of nitrogens with one attached hydrogen (secondary N) is 1. The number of fused-ring (bicyclic) bond motifs is 1. The lowest BCUT2D eigenvalue weighted by atomic mass is 10.2. The molecular formula is C19H18N6S. The first-order valence-electron chi connectivity index (χ1n) is 8.76. The lowest BCUT2D eigenvalue weighted by Crippen LogP contribution is -2.05. The quantitative estimate of drug-likeness (QED) is 0.580. The van der Waals surface area contributed by atoms with Gasteiger partial charge in [0.2, 0.25) is 0 Å². The molecule has 0 aliphatic heterocycles. The number of rotatable bonds is 5. The molecule has 1 aliphatic carbocycles. The molecule has 1 aromatic carbocycles. The Bertz CT molecular complexity index is 1060. The van der Waals surface area contributed by atoms with Crippen LogP contribution in [0.15, 0.2) is 42.5 Å². The molecule has 0 spiro atoms. The summed E-state index contributed by atoms with van der Waals surface area (Å²) in [6, 6.07) is 14.2. The maximum absolute atomic E-state index is 4.71. The van der Waals surface area contributed by atoms with E-state index in [9.17, 15) is 0 Å². The molecule has 3 heterocycles. The van der Waals surface area contributed by atoms with Crippen molar-refractivity contribution in [2.75, 3.05) is 5.32 Å². The molecule has 130 valence electrons. The molecule has 1 aliphatic rings. The summed E-state index contributed by atoms with van der Waals surface area (Å²) in [5.74, 6) is 2.32. The third-order valence-electron chi connectivity index (χ3n) is 4.57. The van der Waals surface area contributed by atoms with Crippen molar-refractivity contribution < 1.29 is 0 Å². The van der Waals surface area contributed by atoms with Crippen LogP contribution in [0.5, 0.6) is 0 Å². The van der Waals surface area contributed by atoms with Gasteiger partial charge in [0.05, 0.1) is 12.2 Å². The van der Waals surface area contributed by atoms with Gasteiger partial charge in [-0.3, -0.25) is 0 Å². The zero-order valence-electron chi connectivity index (χ0n) is 14.4. The second-order valence-corrected chi connectivity index (χ2v) is 7.65. The van der Waals surface area contributed by atoms with Gasteiger partial charge >= 0.3 is 0 Å². The third-order valence-corrected chi connectivity index (χ3v) is 5.78. The van der Waals surface area contributed by atoms with Gasteiger partial charge in [-0.2, -0.15) is 4.52 Å². The Morgan fingerprint density at radius 2 is 1.96 bits per heavy atom. The van der Waals surface area contributed by atoms with Crippen LogP contribution in [0.25, 0.3) is 16.2 Å². The monoisotopic (exact) mass is 362 g/mol. The van der Waals surface area contributed by atoms with Crippen LogP contribution in [0, 0.1) is 6.92 Å². The van der Waals surface area contributed by atoms with Crippen LogP contribution in [0.3, 0.4) is 0 Å². The number of aryl methyl sites for hydroxylation is 1. The first kappa shape index (κ1) is 15.5. The van der Waals surface area contributed by atoms with Gasteiger partial charge in [-0.25, -0.2) is 4.98 Å². The van der Waals surface area contributed by atoms with E-state index < -0.39 is 0 Å². The molecule has 1 fully saturated rings. The van der Waals surface area contributed by atoms with Crippen molar-refractivity contribution in [2.24, 2.45) is 0 Å². The zero-order chi connectivity index (χ0) is 17.5. The molecule has 3 aromatic heterocycles. The summed E-state index contributed by atoms with van der Waals surface area (Å²) in [4.78, 5) is 5.93. The van der Waals surface area contributed by atoms with E-state index in [1.165, 1.54) is 17.7 Å². The van der Waals surface area contributed by atoms with Crippen LogP contribution in [0.4, 0.5) is 5.82 Å². The van der Waals surface area contributed by atoms with Gasteiger partial charge in [0.1, 0.15) is 10.8 Å². The standard InChI is InChI=1S/C19H18N6S/c1-12-15(26-19(21-12)14-5-3-2-4-6-14)11-20-16-9-10-17-22-23-18(13-7-8-13)25(17)24-16/h2-6,9-10,13H,7-8,11H2,1H3,(H,20,24). The summed E-state index contributed by atoms with van der Waals surface area (Å²) in [5.41, 5.74) is 3.02. The fraction of sp³-hybridized carbons (Fsp3) is 0.263. The molecule has 0 unspecified atom stereocenters. The lowest BCUT2D eigenvalue weighted by Gasteiger charge is -2.05. The molecule has 0 radical (unpaired) electrons. The van der Waals surface area contributed by atoms with Crippen molar-refractivity contribution >= 4 is 22.8 Å². The summed E-state index contributed by atoms with van der Waals surface area (Å²) >= 11 is 1.72. The second-order valence-electron chi connectivity index (χ2n) is 6.57. The topological polar surface area (TPSA) is 68.0 Å². The number of thiazole rings is 1. The van der Waals surface area contributed by atoms with E-state index in [4.69, 9.17) is 4.98 Å². The zero-order valence-corrected chi connectivity index (χ0v) is 15.2. The van der Waals surface area contributed by atoms with Gasteiger partial charge in [0, 0.05) is 16.4 Å². The first-order valence-corrected chi connectivity index (χ1v) is 9.57. The Morgan fingerprint density at radius 1 is 1.12 bits per heavy atom. The fourth-order valence-corrected chi connectivity index (χ4v) is 3.97. The maximum Gasteiger partial charge on any atom is 0.178 e. The SMILES string of the molecule is Cc1nc(-c2ccccc2)sc1CNc1ccc2nnc(C3CC3)n2n1. The summed E-state index contributed by atoms with van der Waals surface area (Å²) in [5, 5.41) is 17.6. The van der Waals surface area contributed by atoms with Crippen molar-refractivity contribution in [1.82, 2.24) is 24.8 Å². The van der Waals surface area contributed by atoms with Crippen molar-refractivity contribution in [3.05, 3.63) is 58.9 Å². The molecule has 6 nitrogen and oxygen atoms in total. The molecule has 4 aromatic rings. The molecule has 0 bridgehead atoms. The van der Waals surface area contributed by atoms with Gasteiger partial charge in [0.25, 0.3) is 0 Å². The molecule has 0 atom stereocenters. The fourth-order valence-electron chi connectivity index (χ4n) is 2.96. The summed E-state index contributed by atoms with van der Waals surface area (Å²) in [7, 11) is 0. The molecule has 26 heavy (non-hydrogen) atoms. The number of hydrogen-bond acceptors (Lipinski definition) is 6. The van der Waals surface area contributed by atoms with E-state index >= 15 is 0 Å². The first-order chi connectivity index (χ1) is 12.8. The Labute approximate surface area is 154 Å². The molecule has 0 amide bonds. The largest absolute Gasteiger partial charge is 0.364 e. The average molecular weight is 362 g/mol. The van der Waals surface area contributed by atoms with Crippen molar-refractivity contribution in [2.45, 2.75) is 32.2 Å². The minimum atomic E-state index is 0.518. The Balaban J connectivity index is 1.37. The number of hydrogen-bond donors (Lipinski definition) is 1. The number of benzene rings is 1. The van der Waals surface area contributed by atoms with Crippen LogP contribution in [-0.4, -0.2) is 24.8 Å². The van der Waals surface area contributed by atoms with Gasteiger partial charge in [-0.1, -0.05) is 30.3 Å². The van der Waals surface area contributed by atoms with Crippen LogP contribution in [0.1, 0.15) is 35.2 Å². The van der Waals surface area contributed by atoms with E-state index in [2.05, 4.69) is 39.7 Å². The van der Waals surface area contributed by atoms with E-state index in [0.717, 1.165) is 33.6 Å². The van der Waals surface area contributed by atoms with Crippen LogP contribution in [0.2, 0.25) is 0 Å². The summed E-state index contributed by atoms with van der Waals surface area (Å²) < 4.78 is 1.87. The molecular weight excluding hydrogens is 344 g/mol. The summed E-state index contributed by atoms with van der Waals surface area (Å²) in [6.07, 6.45) is 2.37. The highest BCUT2D eigenvalue weighted by molar-refractivity contribution is 7.15. The minimum Gasteiger partial charge on any atom is -0.364 e. The van der Waals surface area contributed by atoms with Gasteiger partial charge in [-0.15, -0.1) is 26.6 Å². The van der Waals surface area contributed by atoms with E-state index in [-0.39, 0.29) is 0 Å². The van der Waals surface area contributed by atoms with Gasteiger partial charge < -0.3 is 5.32 Å². The van der Waals surface area contributed by atoms with E-state index in [1.54, 1.807) is 11.3 Å². The van der Waals surface area contributed by atoms with Crippen molar-refractivity contribution in [1.29, 1.82) is 0 Å². The highest BCUT2D eigenvalue weighted by atomic mass is 32.1. The molecule has 1 saturated carbocycles. The normalized spacial score (nSPS) is 14.0. The maximum atomic E-state index is 4.71. The predicted octanol–water partition coefficient (Wildman–Crippen LogP) is 4.05. The average Bonchev–Trinajstić information content (AvgIpc) is 3.32. The Kier molecular flexibility index (Phi) is 3.67. The molecule has 0 saturated heterocycles. The van der Waals surface area contributed by atoms with Crippen LogP contribution < -0.4 is 5.32 Å². The lowest BCUT2D eigenvalue weighted by molar-refractivity contribution is 0.814. The number of nitrogens with zero attached hydrogens (tertiary/aromatic N) is 5. The third kappa shape index (κ3) is 2.84. The van der Waals surface area contributed by atoms with E-state index in [0.29, 0.717) is 12.5 Å².